The fraction of sp³-hybridized carbons (Fsp3) is 0.0667. The molecule has 0 saturated carbocycles. The Balaban J connectivity index is 2.06. The highest BCUT2D eigenvalue weighted by molar-refractivity contribution is 9.11. The van der Waals surface area contributed by atoms with Gasteiger partial charge < -0.3 is 9.52 Å². The van der Waals surface area contributed by atoms with Crippen LogP contribution in [0.3, 0.4) is 0 Å². The first-order chi connectivity index (χ1) is 10.1. The van der Waals surface area contributed by atoms with Crippen molar-refractivity contribution in [3.63, 3.8) is 0 Å². The quantitative estimate of drug-likeness (QED) is 0.731. The molecule has 3 rings (SSSR count). The molecule has 0 aliphatic carbocycles. The number of halogens is 1. The van der Waals surface area contributed by atoms with Gasteiger partial charge in [-0.25, -0.2) is 4.98 Å². The molecule has 0 atom stereocenters. The molecule has 0 amide bonds. The molecule has 0 saturated heterocycles. The van der Waals surface area contributed by atoms with E-state index in [0.717, 1.165) is 14.2 Å². The molecule has 1 aromatic carbocycles. The van der Waals surface area contributed by atoms with Crippen LogP contribution >= 0.6 is 27.3 Å². The van der Waals surface area contributed by atoms with Gasteiger partial charge in [0.15, 0.2) is 5.58 Å². The van der Waals surface area contributed by atoms with Gasteiger partial charge in [0, 0.05) is 10.5 Å². The summed E-state index contributed by atoms with van der Waals surface area (Å²) in [4.78, 5) is 16.4. The number of carboxylic acids is 1. The number of thiophene rings is 1. The van der Waals surface area contributed by atoms with Crippen LogP contribution in [0, 0.1) is 0 Å². The minimum absolute atomic E-state index is 0.137. The summed E-state index contributed by atoms with van der Waals surface area (Å²) in [5, 5.41) is 9.09. The van der Waals surface area contributed by atoms with Crippen molar-refractivity contribution in [1.29, 1.82) is 0 Å². The number of aliphatic carboxylic acids is 1. The van der Waals surface area contributed by atoms with Gasteiger partial charge >= 0.3 is 5.97 Å². The molecule has 0 aliphatic heterocycles. The molecule has 0 unspecified atom stereocenters. The Hall–Kier alpha value is -1.92. The molecule has 3 aromatic rings. The zero-order valence-corrected chi connectivity index (χ0v) is 13.1. The molecular formula is C15H10BrNO3S. The van der Waals surface area contributed by atoms with E-state index >= 15 is 0 Å². The van der Waals surface area contributed by atoms with Gasteiger partial charge in [0.1, 0.15) is 5.52 Å². The maximum Gasteiger partial charge on any atom is 0.308 e. The summed E-state index contributed by atoms with van der Waals surface area (Å²) < 4.78 is 6.65. The van der Waals surface area contributed by atoms with Crippen molar-refractivity contribution in [1.82, 2.24) is 4.98 Å². The summed E-state index contributed by atoms with van der Waals surface area (Å²) in [5.41, 5.74) is 1.92. The first-order valence-corrected chi connectivity index (χ1v) is 7.76. The second kappa shape index (κ2) is 5.83. The lowest BCUT2D eigenvalue weighted by Crippen LogP contribution is -1.97. The van der Waals surface area contributed by atoms with Gasteiger partial charge in [-0.05, 0) is 46.3 Å². The van der Waals surface area contributed by atoms with E-state index in [0.29, 0.717) is 17.0 Å². The lowest BCUT2D eigenvalue weighted by molar-refractivity contribution is -0.135. The summed E-state index contributed by atoms with van der Waals surface area (Å²) in [6.07, 6.45) is 1.66. The van der Waals surface area contributed by atoms with Crippen LogP contribution < -0.4 is 0 Å². The Kier molecular flexibility index (Phi) is 3.90. The third kappa shape index (κ3) is 3.22. The van der Waals surface area contributed by atoms with E-state index < -0.39 is 5.97 Å². The van der Waals surface area contributed by atoms with Crippen molar-refractivity contribution < 1.29 is 14.3 Å². The van der Waals surface area contributed by atoms with Crippen molar-refractivity contribution in [3.05, 3.63) is 51.0 Å². The summed E-state index contributed by atoms with van der Waals surface area (Å²) in [5.74, 6) is -0.567. The van der Waals surface area contributed by atoms with Crippen LogP contribution in [0.4, 0.5) is 0 Å². The maximum atomic E-state index is 11.1. The number of benzene rings is 1. The normalized spacial score (nSPS) is 12.0. The van der Waals surface area contributed by atoms with Crippen LogP contribution in [0.5, 0.6) is 0 Å². The Bertz CT molecular complexity index is 801. The average Bonchev–Trinajstić information content (AvgIpc) is 3.03. The Morgan fingerprint density at radius 2 is 2.14 bits per heavy atom. The van der Waals surface area contributed by atoms with Crippen LogP contribution in [-0.2, 0) is 4.79 Å². The van der Waals surface area contributed by atoms with Gasteiger partial charge in [0.2, 0.25) is 5.89 Å². The van der Waals surface area contributed by atoms with Gasteiger partial charge in [-0.2, -0.15) is 0 Å². The van der Waals surface area contributed by atoms with E-state index in [4.69, 9.17) is 9.52 Å². The molecule has 4 nitrogen and oxygen atoms in total. The maximum absolute atomic E-state index is 11.1. The molecule has 0 bridgehead atoms. The third-order valence-electron chi connectivity index (χ3n) is 2.82. The second-order valence-corrected chi connectivity index (χ2v) is 6.86. The van der Waals surface area contributed by atoms with Crippen LogP contribution in [0.25, 0.3) is 22.7 Å². The molecule has 0 aliphatic rings. The number of rotatable bonds is 4. The highest BCUT2D eigenvalue weighted by atomic mass is 79.9. The van der Waals surface area contributed by atoms with E-state index in [9.17, 15) is 4.79 Å². The van der Waals surface area contributed by atoms with E-state index in [-0.39, 0.29) is 6.42 Å². The molecular weight excluding hydrogens is 354 g/mol. The fourth-order valence-corrected chi connectivity index (χ4v) is 3.33. The average molecular weight is 364 g/mol. The molecule has 106 valence electrons. The van der Waals surface area contributed by atoms with E-state index in [1.807, 2.05) is 36.4 Å². The first-order valence-electron chi connectivity index (χ1n) is 6.15. The minimum atomic E-state index is -0.917. The number of hydrogen-bond donors (Lipinski definition) is 1. The number of carboxylic acid groups (broad SMARTS) is 1. The van der Waals surface area contributed by atoms with Gasteiger partial charge in [0.25, 0.3) is 0 Å². The van der Waals surface area contributed by atoms with Gasteiger partial charge in [-0.15, -0.1) is 11.3 Å². The minimum Gasteiger partial charge on any atom is -0.481 e. The number of oxazole rings is 1. The fourth-order valence-electron chi connectivity index (χ4n) is 1.94. The van der Waals surface area contributed by atoms with Gasteiger partial charge in [-0.3, -0.25) is 4.79 Å². The van der Waals surface area contributed by atoms with Crippen LogP contribution in [0.1, 0.15) is 17.2 Å². The predicted octanol–water partition coefficient (Wildman–Crippen LogP) is 4.67. The van der Waals surface area contributed by atoms with E-state index in [1.165, 1.54) is 11.3 Å². The van der Waals surface area contributed by atoms with Crippen LogP contribution in [0.2, 0.25) is 0 Å². The SMILES string of the molecule is O=C(O)CC(=Cc1ccc(Br)s1)c1nc2ccccc2o1. The summed E-state index contributed by atoms with van der Waals surface area (Å²) in [7, 11) is 0. The lowest BCUT2D eigenvalue weighted by atomic mass is 10.1. The monoisotopic (exact) mass is 363 g/mol. The zero-order valence-electron chi connectivity index (χ0n) is 10.7. The van der Waals surface area contributed by atoms with E-state index in [1.54, 1.807) is 6.08 Å². The Labute approximate surface area is 132 Å². The van der Waals surface area contributed by atoms with Gasteiger partial charge in [0.05, 0.1) is 10.2 Å². The van der Waals surface area contributed by atoms with Crippen LogP contribution in [0.15, 0.2) is 44.6 Å². The molecule has 2 heterocycles. The van der Waals surface area contributed by atoms with Crippen molar-refractivity contribution >= 4 is 56.0 Å². The van der Waals surface area contributed by atoms with Crippen molar-refractivity contribution in [3.8, 4) is 0 Å². The molecule has 2 aromatic heterocycles. The van der Waals surface area contributed by atoms with Crippen LogP contribution in [-0.4, -0.2) is 16.1 Å². The number of hydrogen-bond acceptors (Lipinski definition) is 4. The number of aromatic nitrogens is 1. The predicted molar refractivity (Wildman–Crippen MR) is 86.2 cm³/mol. The highest BCUT2D eigenvalue weighted by Crippen LogP contribution is 2.29. The topological polar surface area (TPSA) is 63.3 Å². The largest absolute Gasteiger partial charge is 0.481 e. The molecule has 0 spiro atoms. The standard InChI is InChI=1S/C15H10BrNO3S/c16-13-6-5-10(21-13)7-9(8-14(18)19)15-17-11-3-1-2-4-12(11)20-15/h1-7H,8H2,(H,18,19). The third-order valence-corrected chi connectivity index (χ3v) is 4.39. The summed E-state index contributed by atoms with van der Waals surface area (Å²) in [6.45, 7) is 0. The van der Waals surface area contributed by atoms with Crippen molar-refractivity contribution in [2.24, 2.45) is 0 Å². The number of carbonyl (C=O) groups is 1. The summed E-state index contributed by atoms with van der Waals surface area (Å²) >= 11 is 4.91. The highest BCUT2D eigenvalue weighted by Gasteiger charge is 2.14. The molecule has 6 heteroatoms. The smallest absolute Gasteiger partial charge is 0.308 e. The number of fused-ring (bicyclic) bond motifs is 1. The molecule has 0 radical (unpaired) electrons. The Morgan fingerprint density at radius 1 is 1.33 bits per heavy atom. The van der Waals surface area contributed by atoms with Crippen molar-refractivity contribution in [2.45, 2.75) is 6.42 Å². The number of para-hydroxylation sites is 2. The second-order valence-electron chi connectivity index (χ2n) is 4.37. The molecule has 21 heavy (non-hydrogen) atoms. The first kappa shape index (κ1) is 14.0. The molecule has 1 N–H and O–H groups in total. The lowest BCUT2D eigenvalue weighted by Gasteiger charge is -1.98. The van der Waals surface area contributed by atoms with Gasteiger partial charge in [-0.1, -0.05) is 12.1 Å². The summed E-state index contributed by atoms with van der Waals surface area (Å²) in [6, 6.07) is 11.2. The van der Waals surface area contributed by atoms with E-state index in [2.05, 4.69) is 20.9 Å². The molecule has 0 fully saturated rings. The number of nitrogens with zero attached hydrogens (tertiary/aromatic N) is 1. The van der Waals surface area contributed by atoms with Crippen molar-refractivity contribution in [2.75, 3.05) is 0 Å². The Morgan fingerprint density at radius 3 is 2.81 bits per heavy atom. The zero-order chi connectivity index (χ0) is 14.8.